The highest BCUT2D eigenvalue weighted by atomic mass is 16.6. The van der Waals surface area contributed by atoms with Crippen LogP contribution in [0.25, 0.3) is 0 Å². The standard InChI is InChI=1S/C30H51N3O5/c1-19(2)15-16-21(5)33(27(36)24(17-20(3)4)31-28(37)38-30(9,10)11)25(26(35)32-29(6,7)8)22-13-12-14-23(34)18-22/h12-14,18-21,24-25,34H,15-17H2,1-11H3,(H,31,37)(H,32,35). The van der Waals surface area contributed by atoms with E-state index in [0.29, 0.717) is 24.3 Å². The second-order valence-electron chi connectivity index (χ2n) is 13.1. The van der Waals surface area contributed by atoms with E-state index in [1.165, 1.54) is 12.1 Å². The first kappa shape index (κ1) is 33.3. The van der Waals surface area contributed by atoms with Crippen molar-refractivity contribution in [1.29, 1.82) is 0 Å². The van der Waals surface area contributed by atoms with Crippen LogP contribution in [-0.4, -0.2) is 51.1 Å². The predicted octanol–water partition coefficient (Wildman–Crippen LogP) is 5.94. The number of nitrogens with one attached hydrogen (secondary N) is 2. The molecule has 0 saturated carbocycles. The van der Waals surface area contributed by atoms with Gasteiger partial charge in [-0.3, -0.25) is 9.59 Å². The van der Waals surface area contributed by atoms with Crippen molar-refractivity contribution in [2.45, 2.75) is 125 Å². The van der Waals surface area contributed by atoms with E-state index in [0.717, 1.165) is 6.42 Å². The molecule has 0 aliphatic rings. The predicted molar refractivity (Wildman–Crippen MR) is 152 cm³/mol. The highest BCUT2D eigenvalue weighted by Gasteiger charge is 2.40. The maximum absolute atomic E-state index is 14.3. The Morgan fingerprint density at radius 3 is 2.03 bits per heavy atom. The molecule has 8 heteroatoms. The topological polar surface area (TPSA) is 108 Å². The van der Waals surface area contributed by atoms with Gasteiger partial charge < -0.3 is 25.4 Å². The highest BCUT2D eigenvalue weighted by Crippen LogP contribution is 2.30. The molecular formula is C30H51N3O5. The lowest BCUT2D eigenvalue weighted by atomic mass is 9.94. The number of ether oxygens (including phenoxy) is 1. The number of phenolic OH excluding ortho intramolecular Hbond substituents is 1. The zero-order chi connectivity index (χ0) is 29.4. The SMILES string of the molecule is CC(C)CCC(C)N(C(=O)C(CC(C)C)NC(=O)OC(C)(C)C)C(C(=O)NC(C)(C)C)c1cccc(O)c1. The number of carbonyl (C=O) groups excluding carboxylic acids is 3. The number of aromatic hydroxyl groups is 1. The zero-order valence-electron chi connectivity index (χ0n) is 25.3. The third kappa shape index (κ3) is 11.7. The number of carbonyl (C=O) groups is 3. The van der Waals surface area contributed by atoms with Crippen LogP contribution in [0.2, 0.25) is 0 Å². The molecule has 0 saturated heterocycles. The van der Waals surface area contributed by atoms with Crippen molar-refractivity contribution in [3.63, 3.8) is 0 Å². The lowest BCUT2D eigenvalue weighted by Crippen LogP contribution is -2.57. The van der Waals surface area contributed by atoms with Gasteiger partial charge in [0.25, 0.3) is 0 Å². The normalized spacial score (nSPS) is 14.6. The van der Waals surface area contributed by atoms with E-state index in [4.69, 9.17) is 4.74 Å². The first-order chi connectivity index (χ1) is 17.3. The van der Waals surface area contributed by atoms with Crippen LogP contribution in [0.15, 0.2) is 24.3 Å². The average molecular weight is 534 g/mol. The molecule has 3 atom stereocenters. The van der Waals surface area contributed by atoms with Crippen molar-refractivity contribution < 1.29 is 24.2 Å². The fourth-order valence-corrected chi connectivity index (χ4v) is 4.21. The highest BCUT2D eigenvalue weighted by molar-refractivity contribution is 5.92. The molecule has 1 rings (SSSR count). The number of nitrogens with zero attached hydrogens (tertiary/aromatic N) is 1. The molecule has 0 aliphatic heterocycles. The Hall–Kier alpha value is -2.77. The van der Waals surface area contributed by atoms with Crippen LogP contribution in [0.4, 0.5) is 4.79 Å². The molecule has 8 nitrogen and oxygen atoms in total. The molecule has 1 aromatic carbocycles. The molecule has 1 aromatic rings. The minimum Gasteiger partial charge on any atom is -0.508 e. The molecule has 0 fully saturated rings. The van der Waals surface area contributed by atoms with Crippen molar-refractivity contribution in [1.82, 2.24) is 15.5 Å². The van der Waals surface area contributed by atoms with Gasteiger partial charge >= 0.3 is 6.09 Å². The number of benzene rings is 1. The van der Waals surface area contributed by atoms with Gasteiger partial charge in [-0.05, 0) is 97.3 Å². The number of amides is 3. The Morgan fingerprint density at radius 2 is 1.55 bits per heavy atom. The van der Waals surface area contributed by atoms with Crippen molar-refractivity contribution >= 4 is 17.9 Å². The van der Waals surface area contributed by atoms with Crippen LogP contribution in [0.3, 0.4) is 0 Å². The molecule has 0 bridgehead atoms. The van der Waals surface area contributed by atoms with E-state index in [2.05, 4.69) is 24.5 Å². The first-order valence-electron chi connectivity index (χ1n) is 13.7. The summed E-state index contributed by atoms with van der Waals surface area (Å²) in [7, 11) is 0. The van der Waals surface area contributed by atoms with E-state index < -0.39 is 29.3 Å². The first-order valence-corrected chi connectivity index (χ1v) is 13.7. The number of rotatable bonds is 11. The van der Waals surface area contributed by atoms with Crippen molar-refractivity contribution in [2.24, 2.45) is 11.8 Å². The summed E-state index contributed by atoms with van der Waals surface area (Å²) in [6, 6.07) is 4.22. The summed E-state index contributed by atoms with van der Waals surface area (Å²) >= 11 is 0. The van der Waals surface area contributed by atoms with Gasteiger partial charge in [0.05, 0.1) is 0 Å². The fraction of sp³-hybridized carbons (Fsp3) is 0.700. The zero-order valence-corrected chi connectivity index (χ0v) is 25.3. The molecule has 3 amide bonds. The van der Waals surface area contributed by atoms with E-state index in [9.17, 15) is 19.5 Å². The summed E-state index contributed by atoms with van der Waals surface area (Å²) in [6.45, 7) is 21.0. The largest absolute Gasteiger partial charge is 0.508 e. The molecule has 216 valence electrons. The third-order valence-corrected chi connectivity index (χ3v) is 5.80. The van der Waals surface area contributed by atoms with E-state index in [1.807, 2.05) is 41.5 Å². The summed E-state index contributed by atoms with van der Waals surface area (Å²) in [5, 5.41) is 16.1. The summed E-state index contributed by atoms with van der Waals surface area (Å²) in [4.78, 5) is 42.5. The summed E-state index contributed by atoms with van der Waals surface area (Å²) < 4.78 is 5.46. The van der Waals surface area contributed by atoms with Gasteiger partial charge in [0.1, 0.15) is 23.4 Å². The summed E-state index contributed by atoms with van der Waals surface area (Å²) in [6.07, 6.45) is 1.22. The molecule has 0 heterocycles. The fourth-order valence-electron chi connectivity index (χ4n) is 4.21. The lowest BCUT2D eigenvalue weighted by Gasteiger charge is -2.40. The van der Waals surface area contributed by atoms with E-state index in [-0.39, 0.29) is 29.5 Å². The van der Waals surface area contributed by atoms with E-state index in [1.54, 1.807) is 37.8 Å². The van der Waals surface area contributed by atoms with Crippen LogP contribution in [0.5, 0.6) is 5.75 Å². The van der Waals surface area contributed by atoms with Gasteiger partial charge in [-0.15, -0.1) is 0 Å². The maximum atomic E-state index is 14.3. The second kappa shape index (κ2) is 13.9. The minimum absolute atomic E-state index is 0.00361. The van der Waals surface area contributed by atoms with Crippen LogP contribution >= 0.6 is 0 Å². The van der Waals surface area contributed by atoms with Gasteiger partial charge in [-0.25, -0.2) is 4.79 Å². The lowest BCUT2D eigenvalue weighted by molar-refractivity contribution is -0.146. The minimum atomic E-state index is -1.01. The molecular weight excluding hydrogens is 482 g/mol. The van der Waals surface area contributed by atoms with Crippen LogP contribution in [-0.2, 0) is 14.3 Å². The van der Waals surface area contributed by atoms with Gasteiger partial charge in [0, 0.05) is 11.6 Å². The molecule has 3 N–H and O–H groups in total. The Kier molecular flexibility index (Phi) is 12.1. The van der Waals surface area contributed by atoms with Crippen LogP contribution in [0.1, 0.15) is 107 Å². The second-order valence-corrected chi connectivity index (χ2v) is 13.1. The number of hydrogen-bond donors (Lipinski definition) is 3. The number of phenols is 1. The van der Waals surface area contributed by atoms with Crippen molar-refractivity contribution in [2.75, 3.05) is 0 Å². The Bertz CT molecular complexity index is 931. The van der Waals surface area contributed by atoms with E-state index >= 15 is 0 Å². The number of hydrogen-bond acceptors (Lipinski definition) is 5. The quantitative estimate of drug-likeness (QED) is 0.326. The Balaban J connectivity index is 3.66. The smallest absolute Gasteiger partial charge is 0.408 e. The molecule has 38 heavy (non-hydrogen) atoms. The van der Waals surface area contributed by atoms with Crippen molar-refractivity contribution in [3.8, 4) is 5.75 Å². The summed E-state index contributed by atoms with van der Waals surface area (Å²) in [5.41, 5.74) is -0.776. The Labute approximate surface area is 229 Å². The van der Waals surface area contributed by atoms with Crippen LogP contribution < -0.4 is 10.6 Å². The molecule has 3 unspecified atom stereocenters. The molecule has 0 spiro atoms. The molecule has 0 aromatic heterocycles. The molecule has 0 aliphatic carbocycles. The van der Waals surface area contributed by atoms with Gasteiger partial charge in [0.15, 0.2) is 0 Å². The Morgan fingerprint density at radius 1 is 0.947 bits per heavy atom. The monoisotopic (exact) mass is 533 g/mol. The van der Waals surface area contributed by atoms with Crippen molar-refractivity contribution in [3.05, 3.63) is 29.8 Å². The number of alkyl carbamates (subject to hydrolysis) is 1. The van der Waals surface area contributed by atoms with Gasteiger partial charge in [-0.1, -0.05) is 39.8 Å². The third-order valence-electron chi connectivity index (χ3n) is 5.80. The van der Waals surface area contributed by atoms with Gasteiger partial charge in [-0.2, -0.15) is 0 Å². The van der Waals surface area contributed by atoms with Gasteiger partial charge in [0.2, 0.25) is 11.8 Å². The maximum Gasteiger partial charge on any atom is 0.408 e. The van der Waals surface area contributed by atoms with Crippen LogP contribution in [0, 0.1) is 11.8 Å². The molecule has 0 radical (unpaired) electrons. The average Bonchev–Trinajstić information content (AvgIpc) is 2.71. The summed E-state index contributed by atoms with van der Waals surface area (Å²) in [5.74, 6) is -0.215.